The number of nitrogens with one attached hydrogen (secondary N) is 2. The predicted molar refractivity (Wildman–Crippen MR) is 127 cm³/mol. The number of hydrogen-bond acceptors (Lipinski definition) is 5. The Labute approximate surface area is 193 Å². The molecule has 0 aliphatic carbocycles. The molecule has 1 aliphatic heterocycles. The molecule has 0 spiro atoms. The highest BCUT2D eigenvalue weighted by Crippen LogP contribution is 2.36. The van der Waals surface area contributed by atoms with Crippen LogP contribution in [0.25, 0.3) is 0 Å². The number of hydrogen-bond donors (Lipinski definition) is 2. The number of aryl methyl sites for hydroxylation is 1. The van der Waals surface area contributed by atoms with Crippen molar-refractivity contribution in [2.45, 2.75) is 105 Å². The molecule has 1 aromatic carbocycles. The molecule has 0 aromatic heterocycles. The largest absolute Gasteiger partial charge is 0.495 e. The van der Waals surface area contributed by atoms with Gasteiger partial charge in [-0.1, -0.05) is 23.8 Å². The van der Waals surface area contributed by atoms with E-state index in [2.05, 4.69) is 10.6 Å². The second kappa shape index (κ2) is 9.44. The van der Waals surface area contributed by atoms with E-state index in [9.17, 15) is 9.59 Å². The molecule has 7 nitrogen and oxygen atoms in total. The van der Waals surface area contributed by atoms with E-state index in [4.69, 9.17) is 14.0 Å². The fourth-order valence-corrected chi connectivity index (χ4v) is 3.38. The summed E-state index contributed by atoms with van der Waals surface area (Å²) in [6.07, 6.45) is -0.283. The summed E-state index contributed by atoms with van der Waals surface area (Å²) in [4.78, 5) is 25.1. The van der Waals surface area contributed by atoms with Crippen LogP contribution in [0.4, 0.5) is 4.79 Å². The Morgan fingerprint density at radius 2 is 1.62 bits per heavy atom. The van der Waals surface area contributed by atoms with Crippen LogP contribution in [0.5, 0.6) is 0 Å². The zero-order valence-corrected chi connectivity index (χ0v) is 21.2. The smallest absolute Gasteiger partial charge is 0.444 e. The molecule has 8 heteroatoms. The minimum absolute atomic E-state index is 0.0436. The first-order valence-corrected chi connectivity index (χ1v) is 11.3. The summed E-state index contributed by atoms with van der Waals surface area (Å²) in [5, 5.41) is 5.59. The molecule has 1 saturated heterocycles. The number of rotatable bonds is 6. The van der Waals surface area contributed by atoms with E-state index in [0.29, 0.717) is 6.42 Å². The average Bonchev–Trinajstić information content (AvgIpc) is 2.79. The third-order valence-corrected chi connectivity index (χ3v) is 5.72. The van der Waals surface area contributed by atoms with Gasteiger partial charge in [0.2, 0.25) is 5.91 Å². The molecular weight excluding hydrogens is 407 g/mol. The lowest BCUT2D eigenvalue weighted by Crippen LogP contribution is -2.50. The zero-order chi connectivity index (χ0) is 24.5. The van der Waals surface area contributed by atoms with E-state index in [1.165, 1.54) is 0 Å². The quantitative estimate of drug-likeness (QED) is 0.656. The molecule has 32 heavy (non-hydrogen) atoms. The zero-order valence-electron chi connectivity index (χ0n) is 21.2. The van der Waals surface area contributed by atoms with Gasteiger partial charge >= 0.3 is 13.2 Å². The maximum absolute atomic E-state index is 12.7. The summed E-state index contributed by atoms with van der Waals surface area (Å²) >= 11 is 0. The van der Waals surface area contributed by atoms with Crippen LogP contribution in [0.1, 0.15) is 73.4 Å². The lowest BCUT2D eigenvalue weighted by atomic mass is 9.75. The summed E-state index contributed by atoms with van der Waals surface area (Å²) in [5.41, 5.74) is 1.39. The van der Waals surface area contributed by atoms with Crippen molar-refractivity contribution in [3.63, 3.8) is 0 Å². The van der Waals surface area contributed by atoms with Crippen molar-refractivity contribution in [1.82, 2.24) is 10.6 Å². The molecule has 1 aromatic rings. The van der Waals surface area contributed by atoms with E-state index in [1.54, 1.807) is 20.8 Å². The van der Waals surface area contributed by atoms with Gasteiger partial charge in [-0.25, -0.2) is 4.79 Å². The van der Waals surface area contributed by atoms with E-state index < -0.39 is 36.1 Å². The Hall–Kier alpha value is -2.06. The third-order valence-electron chi connectivity index (χ3n) is 5.72. The minimum Gasteiger partial charge on any atom is -0.444 e. The Morgan fingerprint density at radius 3 is 2.09 bits per heavy atom. The number of benzene rings is 1. The highest BCUT2D eigenvalue weighted by molar-refractivity contribution is 6.62. The normalized spacial score (nSPS) is 18.4. The summed E-state index contributed by atoms with van der Waals surface area (Å²) in [5.74, 6) is -0.251. The molecule has 2 amide bonds. The van der Waals surface area contributed by atoms with Crippen LogP contribution >= 0.6 is 0 Å². The number of carbonyl (C=O) groups is 2. The van der Waals surface area contributed by atoms with Gasteiger partial charge in [-0.15, -0.1) is 0 Å². The topological polar surface area (TPSA) is 85.9 Å². The molecule has 0 radical (unpaired) electrons. The van der Waals surface area contributed by atoms with Crippen LogP contribution in [0.15, 0.2) is 18.2 Å². The first-order valence-electron chi connectivity index (χ1n) is 11.3. The van der Waals surface area contributed by atoms with Gasteiger partial charge in [0.25, 0.3) is 0 Å². The van der Waals surface area contributed by atoms with Gasteiger partial charge in [0.05, 0.1) is 11.2 Å². The predicted octanol–water partition coefficient (Wildman–Crippen LogP) is 3.25. The van der Waals surface area contributed by atoms with Crippen molar-refractivity contribution < 1.29 is 23.6 Å². The fraction of sp³-hybridized carbons (Fsp3) is 0.667. The van der Waals surface area contributed by atoms with Gasteiger partial charge in [0, 0.05) is 12.5 Å². The fourth-order valence-electron chi connectivity index (χ4n) is 3.38. The van der Waals surface area contributed by atoms with Crippen LogP contribution in [0.3, 0.4) is 0 Å². The van der Waals surface area contributed by atoms with Crippen LogP contribution in [0.2, 0.25) is 0 Å². The Bertz CT molecular complexity index is 829. The molecular formula is C24H39BN2O5. The molecule has 0 bridgehead atoms. The van der Waals surface area contributed by atoms with Gasteiger partial charge in [-0.05, 0) is 80.3 Å². The molecule has 178 valence electrons. The van der Waals surface area contributed by atoms with Gasteiger partial charge < -0.3 is 24.7 Å². The van der Waals surface area contributed by atoms with E-state index >= 15 is 0 Å². The lowest BCUT2D eigenvalue weighted by Gasteiger charge is -2.32. The highest BCUT2D eigenvalue weighted by Gasteiger charge is 2.52. The summed E-state index contributed by atoms with van der Waals surface area (Å²) < 4.78 is 17.7. The standard InChI is InChI=1S/C24H39BN2O5/c1-15(2)26-20(28)19(27-21(29)30-22(4,5)6)14-17-11-12-18(16(3)13-17)25-31-23(7,8)24(9,10)32-25/h11-13,15,19H,14H2,1-10H3,(H,26,28)(H,27,29). The van der Waals surface area contributed by atoms with Gasteiger partial charge in [-0.3, -0.25) is 4.79 Å². The summed E-state index contributed by atoms with van der Waals surface area (Å²) in [6.45, 7) is 19.2. The Balaban J connectivity index is 2.19. The Kier molecular flexibility index (Phi) is 7.73. The molecule has 1 atom stereocenters. The highest BCUT2D eigenvalue weighted by atomic mass is 16.7. The Morgan fingerprint density at radius 1 is 1.06 bits per heavy atom. The van der Waals surface area contributed by atoms with Crippen LogP contribution in [-0.2, 0) is 25.3 Å². The van der Waals surface area contributed by atoms with Crippen LogP contribution < -0.4 is 16.1 Å². The van der Waals surface area contributed by atoms with Crippen molar-refractivity contribution in [2.75, 3.05) is 0 Å². The van der Waals surface area contributed by atoms with Crippen molar-refractivity contribution in [1.29, 1.82) is 0 Å². The van der Waals surface area contributed by atoms with E-state index in [1.807, 2.05) is 66.7 Å². The number of carbonyl (C=O) groups excluding carboxylic acids is 2. The van der Waals surface area contributed by atoms with Crippen LogP contribution in [0, 0.1) is 6.92 Å². The van der Waals surface area contributed by atoms with Crippen molar-refractivity contribution in [3.05, 3.63) is 29.3 Å². The number of ether oxygens (including phenoxy) is 1. The van der Waals surface area contributed by atoms with Crippen LogP contribution in [-0.4, -0.2) is 48.0 Å². The van der Waals surface area contributed by atoms with Gasteiger partial charge in [0.1, 0.15) is 11.6 Å². The summed E-state index contributed by atoms with van der Waals surface area (Å²) in [6, 6.07) is 5.12. The van der Waals surface area contributed by atoms with Crippen molar-refractivity contribution >= 4 is 24.6 Å². The molecule has 1 aliphatic rings. The van der Waals surface area contributed by atoms with Gasteiger partial charge in [-0.2, -0.15) is 0 Å². The van der Waals surface area contributed by atoms with Crippen molar-refractivity contribution in [3.8, 4) is 0 Å². The second-order valence-electron chi connectivity index (χ2n) is 10.8. The van der Waals surface area contributed by atoms with E-state index in [-0.39, 0.29) is 11.9 Å². The first-order chi connectivity index (χ1) is 14.5. The monoisotopic (exact) mass is 446 g/mol. The average molecular weight is 446 g/mol. The maximum Gasteiger partial charge on any atom is 0.495 e. The second-order valence-corrected chi connectivity index (χ2v) is 10.8. The minimum atomic E-state index is -0.755. The SMILES string of the molecule is Cc1cc(CC(NC(=O)OC(C)(C)C)C(=O)NC(C)C)ccc1B1OC(C)(C)C(C)(C)O1. The molecule has 1 heterocycles. The molecule has 0 saturated carbocycles. The first kappa shape index (κ1) is 26.2. The maximum atomic E-state index is 12.7. The van der Waals surface area contributed by atoms with Gasteiger partial charge in [0.15, 0.2) is 0 Å². The molecule has 1 unspecified atom stereocenters. The summed E-state index contributed by atoms with van der Waals surface area (Å²) in [7, 11) is -0.450. The number of amides is 2. The number of alkyl carbamates (subject to hydrolysis) is 1. The molecule has 2 N–H and O–H groups in total. The lowest BCUT2D eigenvalue weighted by molar-refractivity contribution is -0.123. The van der Waals surface area contributed by atoms with E-state index in [0.717, 1.165) is 16.6 Å². The van der Waals surface area contributed by atoms with Crippen molar-refractivity contribution in [2.24, 2.45) is 0 Å². The molecule has 2 rings (SSSR count). The third kappa shape index (κ3) is 6.72. The molecule has 1 fully saturated rings.